The average molecular weight is 468 g/mol. The van der Waals surface area contributed by atoms with E-state index in [4.69, 9.17) is 4.74 Å². The largest absolute Gasteiger partial charge is 0.496 e. The van der Waals surface area contributed by atoms with Crippen molar-refractivity contribution in [2.24, 2.45) is 0 Å². The van der Waals surface area contributed by atoms with E-state index in [2.05, 4.69) is 15.3 Å². The van der Waals surface area contributed by atoms with Crippen molar-refractivity contribution >= 4 is 22.5 Å². The molecule has 4 aromatic rings. The molecule has 0 spiro atoms. The molecule has 0 saturated heterocycles. The minimum atomic E-state index is -4.69. The van der Waals surface area contributed by atoms with Gasteiger partial charge in [0.2, 0.25) is 0 Å². The molecule has 10 heteroatoms. The summed E-state index contributed by atoms with van der Waals surface area (Å²) in [7, 11) is 1.57. The van der Waals surface area contributed by atoms with Crippen molar-refractivity contribution in [3.05, 3.63) is 94.3 Å². The summed E-state index contributed by atoms with van der Waals surface area (Å²) < 4.78 is 45.6. The van der Waals surface area contributed by atoms with Gasteiger partial charge in [0.25, 0.3) is 11.5 Å². The zero-order valence-electron chi connectivity index (χ0n) is 18.0. The molecule has 7 nitrogen and oxygen atoms in total. The Kier molecular flexibility index (Phi) is 6.31. The van der Waals surface area contributed by atoms with Crippen molar-refractivity contribution in [3.8, 4) is 5.75 Å². The Morgan fingerprint density at radius 2 is 1.88 bits per heavy atom. The molecule has 0 atom stereocenters. The lowest BCUT2D eigenvalue weighted by Crippen LogP contribution is -2.23. The van der Waals surface area contributed by atoms with E-state index in [1.54, 1.807) is 19.2 Å². The molecule has 1 amide bonds. The number of nitrogens with one attached hydrogen (secondary N) is 1. The number of amides is 1. The number of alkyl halides is 3. The Hall–Kier alpha value is -4.21. The van der Waals surface area contributed by atoms with Gasteiger partial charge in [-0.3, -0.25) is 19.1 Å². The predicted octanol–water partition coefficient (Wildman–Crippen LogP) is 4.31. The molecule has 0 aliphatic carbocycles. The second-order valence-corrected chi connectivity index (χ2v) is 7.39. The summed E-state index contributed by atoms with van der Waals surface area (Å²) in [5.41, 5.74) is -0.393. The third kappa shape index (κ3) is 4.75. The Labute approximate surface area is 191 Å². The lowest BCUT2D eigenvalue weighted by atomic mass is 10.1. The third-order valence-corrected chi connectivity index (χ3v) is 5.23. The first kappa shape index (κ1) is 23.0. The molecule has 0 saturated carbocycles. The number of pyridine rings is 1. The number of carbonyl (C=O) groups is 1. The zero-order chi connectivity index (χ0) is 24.3. The number of aryl methyl sites for hydroxylation is 2. The average Bonchev–Trinajstić information content (AvgIpc) is 2.83. The third-order valence-electron chi connectivity index (χ3n) is 5.23. The lowest BCUT2D eigenvalue weighted by molar-refractivity contribution is -0.141. The quantitative estimate of drug-likeness (QED) is 0.456. The lowest BCUT2D eigenvalue weighted by Gasteiger charge is -2.12. The number of nitrogens with zero attached hydrogens (tertiary/aromatic N) is 3. The van der Waals surface area contributed by atoms with Crippen LogP contribution < -0.4 is 15.6 Å². The van der Waals surface area contributed by atoms with Gasteiger partial charge >= 0.3 is 6.18 Å². The molecule has 0 aliphatic rings. The van der Waals surface area contributed by atoms with E-state index < -0.39 is 17.8 Å². The summed E-state index contributed by atoms with van der Waals surface area (Å²) in [4.78, 5) is 33.4. The molecule has 4 rings (SSSR count). The first-order chi connectivity index (χ1) is 16.3. The smallest absolute Gasteiger partial charge is 0.433 e. The number of carbonyl (C=O) groups excluding carboxylic acids is 1. The molecule has 0 radical (unpaired) electrons. The van der Waals surface area contributed by atoms with Crippen LogP contribution in [0.15, 0.2) is 71.9 Å². The molecule has 0 fully saturated rings. The van der Waals surface area contributed by atoms with Crippen LogP contribution in [0.3, 0.4) is 0 Å². The molecule has 1 N–H and O–H groups in total. The number of hydrogen-bond donors (Lipinski definition) is 1. The normalized spacial score (nSPS) is 11.4. The number of aromatic nitrogens is 3. The molecule has 0 bridgehead atoms. The molecule has 0 unspecified atom stereocenters. The van der Waals surface area contributed by atoms with Crippen molar-refractivity contribution in [2.45, 2.75) is 19.1 Å². The molecule has 2 heterocycles. The van der Waals surface area contributed by atoms with Crippen LogP contribution in [0, 0.1) is 0 Å². The maximum Gasteiger partial charge on any atom is 0.433 e. The van der Waals surface area contributed by atoms with Crippen LogP contribution in [-0.2, 0) is 19.1 Å². The van der Waals surface area contributed by atoms with Gasteiger partial charge in [0.15, 0.2) is 0 Å². The van der Waals surface area contributed by atoms with Crippen molar-refractivity contribution in [3.63, 3.8) is 0 Å². The summed E-state index contributed by atoms with van der Waals surface area (Å²) in [6.45, 7) is 0.309. The number of anilines is 1. The summed E-state index contributed by atoms with van der Waals surface area (Å²) in [6.07, 6.45) is -1.85. The SMILES string of the molecule is COc1ccccc1CCn1cnc2cccc(NC(=O)c3ccnc(C(F)(F)F)c3)c2c1=O. The van der Waals surface area contributed by atoms with Gasteiger partial charge in [-0.2, -0.15) is 13.2 Å². The van der Waals surface area contributed by atoms with Gasteiger partial charge in [-0.25, -0.2) is 4.98 Å². The van der Waals surface area contributed by atoms with E-state index in [0.717, 1.165) is 11.8 Å². The van der Waals surface area contributed by atoms with Crippen molar-refractivity contribution in [1.82, 2.24) is 14.5 Å². The van der Waals surface area contributed by atoms with E-state index in [1.165, 1.54) is 23.0 Å². The maximum atomic E-state index is 13.2. The minimum Gasteiger partial charge on any atom is -0.496 e. The molecular weight excluding hydrogens is 449 g/mol. The number of ether oxygens (including phenoxy) is 1. The minimum absolute atomic E-state index is 0.150. The monoisotopic (exact) mass is 468 g/mol. The highest BCUT2D eigenvalue weighted by molar-refractivity contribution is 6.08. The van der Waals surface area contributed by atoms with Gasteiger partial charge < -0.3 is 10.1 Å². The number of methoxy groups -OCH3 is 1. The van der Waals surface area contributed by atoms with Crippen LogP contribution in [0.2, 0.25) is 0 Å². The van der Waals surface area contributed by atoms with Crippen LogP contribution in [0.25, 0.3) is 10.9 Å². The van der Waals surface area contributed by atoms with Crippen LogP contribution in [0.5, 0.6) is 5.75 Å². The topological polar surface area (TPSA) is 86.1 Å². The number of fused-ring (bicyclic) bond motifs is 1. The van der Waals surface area contributed by atoms with E-state index in [0.29, 0.717) is 30.3 Å². The van der Waals surface area contributed by atoms with Crippen LogP contribution in [0.1, 0.15) is 21.6 Å². The number of benzene rings is 2. The molecule has 2 aromatic heterocycles. The molecule has 174 valence electrons. The number of rotatable bonds is 6. The van der Waals surface area contributed by atoms with E-state index >= 15 is 0 Å². The van der Waals surface area contributed by atoms with Crippen LogP contribution in [-0.4, -0.2) is 27.6 Å². The van der Waals surface area contributed by atoms with Crippen molar-refractivity contribution in [1.29, 1.82) is 0 Å². The Balaban J connectivity index is 1.64. The van der Waals surface area contributed by atoms with Crippen LogP contribution >= 0.6 is 0 Å². The Bertz CT molecular complexity index is 1420. The van der Waals surface area contributed by atoms with Gasteiger partial charge in [0.1, 0.15) is 11.4 Å². The standard InChI is InChI=1S/C24H19F3N4O3/c1-34-19-8-3-2-5-15(19)10-12-31-14-29-17-6-4-7-18(21(17)23(31)33)30-22(32)16-9-11-28-20(13-16)24(25,26)27/h2-9,11,13-14H,10,12H2,1H3,(H,30,32). The van der Waals surface area contributed by atoms with Crippen molar-refractivity contribution in [2.75, 3.05) is 12.4 Å². The molecule has 34 heavy (non-hydrogen) atoms. The van der Waals surface area contributed by atoms with Crippen molar-refractivity contribution < 1.29 is 22.7 Å². The number of hydrogen-bond acceptors (Lipinski definition) is 5. The van der Waals surface area contributed by atoms with E-state index in [1.807, 2.05) is 24.3 Å². The summed E-state index contributed by atoms with van der Waals surface area (Å²) >= 11 is 0. The van der Waals surface area contributed by atoms with E-state index in [9.17, 15) is 22.8 Å². The summed E-state index contributed by atoms with van der Waals surface area (Å²) in [6, 6.07) is 14.0. The van der Waals surface area contributed by atoms with Crippen LogP contribution in [0.4, 0.5) is 18.9 Å². The summed E-state index contributed by atoms with van der Waals surface area (Å²) in [5.74, 6) is -0.1000. The fraction of sp³-hybridized carbons (Fsp3) is 0.167. The highest BCUT2D eigenvalue weighted by Gasteiger charge is 2.33. The highest BCUT2D eigenvalue weighted by atomic mass is 19.4. The number of halogens is 3. The second-order valence-electron chi connectivity index (χ2n) is 7.39. The Morgan fingerprint density at radius 3 is 2.65 bits per heavy atom. The van der Waals surface area contributed by atoms with Gasteiger partial charge in [0.05, 0.1) is 30.0 Å². The first-order valence-corrected chi connectivity index (χ1v) is 10.2. The molecular formula is C24H19F3N4O3. The fourth-order valence-electron chi connectivity index (χ4n) is 3.54. The predicted molar refractivity (Wildman–Crippen MR) is 120 cm³/mol. The summed E-state index contributed by atoms with van der Waals surface area (Å²) in [5, 5.41) is 2.69. The fourth-order valence-corrected chi connectivity index (χ4v) is 3.54. The van der Waals surface area contributed by atoms with E-state index in [-0.39, 0.29) is 22.2 Å². The van der Waals surface area contributed by atoms with Gasteiger partial charge in [-0.05, 0) is 42.3 Å². The van der Waals surface area contributed by atoms with Gasteiger partial charge in [-0.1, -0.05) is 24.3 Å². The number of para-hydroxylation sites is 1. The molecule has 2 aromatic carbocycles. The molecule has 0 aliphatic heterocycles. The highest BCUT2D eigenvalue weighted by Crippen LogP contribution is 2.28. The van der Waals surface area contributed by atoms with Gasteiger partial charge in [-0.15, -0.1) is 0 Å². The van der Waals surface area contributed by atoms with Gasteiger partial charge in [0, 0.05) is 18.3 Å². The zero-order valence-corrected chi connectivity index (χ0v) is 18.0. The maximum absolute atomic E-state index is 13.2. The first-order valence-electron chi connectivity index (χ1n) is 10.2. The second kappa shape index (κ2) is 9.34. The Morgan fingerprint density at radius 1 is 1.09 bits per heavy atom.